The first-order valence-corrected chi connectivity index (χ1v) is 21.4. The van der Waals surface area contributed by atoms with Gasteiger partial charge in [-0.3, -0.25) is 23.9 Å². The van der Waals surface area contributed by atoms with E-state index in [9.17, 15) is 23.3 Å². The minimum Gasteiger partial charge on any atom is -0.469 e. The van der Waals surface area contributed by atoms with Gasteiger partial charge in [-0.2, -0.15) is 5.26 Å². The highest BCUT2D eigenvalue weighted by atomic mass is 32.2. The molecule has 302 valence electrons. The summed E-state index contributed by atoms with van der Waals surface area (Å²) in [5.41, 5.74) is 9.85. The van der Waals surface area contributed by atoms with E-state index in [0.717, 1.165) is 60.1 Å². The summed E-state index contributed by atoms with van der Waals surface area (Å²) in [4.78, 5) is 35.2. The smallest absolute Gasteiger partial charge is 0.308 e. The molecule has 4 aromatic carbocycles. The van der Waals surface area contributed by atoms with Gasteiger partial charge in [-0.15, -0.1) is 21.5 Å². The first-order valence-electron chi connectivity index (χ1n) is 19.1. The quantitative estimate of drug-likeness (QED) is 0.116. The Balaban J connectivity index is 0.964. The maximum absolute atomic E-state index is 13.4. The molecule has 3 aromatic heterocycles. The summed E-state index contributed by atoms with van der Waals surface area (Å²) in [5, 5.41) is 22.8. The number of aryl methyl sites for hydroxylation is 4. The van der Waals surface area contributed by atoms with Crippen LogP contribution in [-0.2, 0) is 26.1 Å². The predicted octanol–water partition coefficient (Wildman–Crippen LogP) is 8.08. The van der Waals surface area contributed by atoms with E-state index >= 15 is 0 Å². The van der Waals surface area contributed by atoms with Crippen molar-refractivity contribution in [2.75, 3.05) is 11.8 Å². The number of nitrogens with one attached hydrogen (secondary N) is 3. The molecule has 0 radical (unpaired) electrons. The highest BCUT2D eigenvalue weighted by Crippen LogP contribution is 2.40. The average molecular weight is 837 g/mol. The molecule has 0 saturated heterocycles. The van der Waals surface area contributed by atoms with Gasteiger partial charge < -0.3 is 15.0 Å². The van der Waals surface area contributed by atoms with Gasteiger partial charge in [0, 0.05) is 39.7 Å². The zero-order chi connectivity index (χ0) is 42.5. The molecule has 4 heterocycles. The number of nitriles is 1. The molecule has 0 bridgehead atoms. The minimum atomic E-state index is -3.94. The zero-order valence-corrected chi connectivity index (χ0v) is 35.3. The molecule has 3 N–H and O–H groups in total. The number of carbonyl (C=O) groups excluding carboxylic acids is 2. The van der Waals surface area contributed by atoms with E-state index in [1.807, 2.05) is 61.7 Å². The van der Waals surface area contributed by atoms with Crippen LogP contribution in [-0.4, -0.2) is 52.9 Å². The lowest BCUT2D eigenvalue weighted by atomic mass is 9.95. The van der Waals surface area contributed by atoms with E-state index in [-0.39, 0.29) is 29.7 Å². The zero-order valence-electron chi connectivity index (χ0n) is 33.7. The number of rotatable bonds is 10. The van der Waals surface area contributed by atoms with Gasteiger partial charge in [0.2, 0.25) is 0 Å². The van der Waals surface area contributed by atoms with Crippen molar-refractivity contribution in [3.05, 3.63) is 146 Å². The number of esters is 1. The van der Waals surface area contributed by atoms with Gasteiger partial charge in [0.25, 0.3) is 15.9 Å². The number of methoxy groups -OCH3 is 1. The van der Waals surface area contributed by atoms with Crippen molar-refractivity contribution in [1.29, 1.82) is 5.26 Å². The second-order valence-electron chi connectivity index (χ2n) is 14.7. The highest BCUT2D eigenvalue weighted by Gasteiger charge is 2.32. The van der Waals surface area contributed by atoms with Crippen molar-refractivity contribution in [3.63, 3.8) is 0 Å². The Kier molecular flexibility index (Phi) is 10.4. The van der Waals surface area contributed by atoms with Gasteiger partial charge in [0.05, 0.1) is 40.9 Å². The summed E-state index contributed by atoms with van der Waals surface area (Å²) < 4.78 is 36.3. The maximum atomic E-state index is 13.4. The number of aromatic nitrogens is 4. The number of aromatic amines is 1. The molecule has 1 amide bonds. The van der Waals surface area contributed by atoms with Gasteiger partial charge in [-0.05, 0) is 92.3 Å². The largest absolute Gasteiger partial charge is 0.469 e. The number of aliphatic imine (C=N–C) groups is 1. The fourth-order valence-electron chi connectivity index (χ4n) is 7.55. The normalized spacial score (nSPS) is 13.5. The number of thiophene rings is 1. The van der Waals surface area contributed by atoms with Crippen LogP contribution < -0.4 is 10.0 Å². The molecular formula is C45H40N8O5S2. The summed E-state index contributed by atoms with van der Waals surface area (Å²) in [5.74, 6) is 0.670. The lowest BCUT2D eigenvalue weighted by Crippen LogP contribution is -2.23. The molecule has 1 aliphatic heterocycles. The second kappa shape index (κ2) is 15.7. The van der Waals surface area contributed by atoms with E-state index < -0.39 is 16.1 Å². The third-order valence-corrected chi connectivity index (χ3v) is 13.5. The van der Waals surface area contributed by atoms with Gasteiger partial charge >= 0.3 is 5.97 Å². The van der Waals surface area contributed by atoms with E-state index in [0.29, 0.717) is 39.4 Å². The van der Waals surface area contributed by atoms with Crippen molar-refractivity contribution in [2.45, 2.75) is 58.5 Å². The van der Waals surface area contributed by atoms with Crippen LogP contribution in [0.3, 0.4) is 0 Å². The molecule has 0 aliphatic carbocycles. The van der Waals surface area contributed by atoms with Gasteiger partial charge in [0.1, 0.15) is 22.9 Å². The van der Waals surface area contributed by atoms with Crippen LogP contribution in [0.5, 0.6) is 0 Å². The van der Waals surface area contributed by atoms with Crippen molar-refractivity contribution in [1.82, 2.24) is 25.1 Å². The third kappa shape index (κ3) is 7.24. The Labute approximate surface area is 350 Å². The van der Waals surface area contributed by atoms with E-state index in [4.69, 9.17) is 9.73 Å². The van der Waals surface area contributed by atoms with Crippen LogP contribution in [0.2, 0.25) is 0 Å². The number of H-pyrrole nitrogens is 1. The molecule has 13 nitrogen and oxygen atoms in total. The number of hydrogen-bond acceptors (Lipinski definition) is 10. The number of ether oxygens (including phenoxy) is 1. The van der Waals surface area contributed by atoms with E-state index in [1.165, 1.54) is 19.2 Å². The second-order valence-corrected chi connectivity index (χ2v) is 17.6. The number of amides is 1. The molecule has 0 spiro atoms. The minimum absolute atomic E-state index is 0.0242. The monoisotopic (exact) mass is 836 g/mol. The number of benzene rings is 4. The SMILES string of the molecule is COC(=O)C[C@@H]1N=C(c2ccc(-c3ccc(C(=O)NCc4ccc(S(=O)(=O)Nc5ccc(C)c6c(C#N)c[nH]c56)cc4)c(C)c3)cc2)c2c(sc(C)c2C)-n2c(C)nnc21. The summed E-state index contributed by atoms with van der Waals surface area (Å²) >= 11 is 1.65. The molecular weight excluding hydrogens is 797 g/mol. The fourth-order valence-corrected chi connectivity index (χ4v) is 9.83. The molecule has 1 atom stereocenters. The Morgan fingerprint density at radius 1 is 0.917 bits per heavy atom. The van der Waals surface area contributed by atoms with Crippen LogP contribution in [0, 0.1) is 45.9 Å². The van der Waals surface area contributed by atoms with E-state index in [1.54, 1.807) is 47.9 Å². The lowest BCUT2D eigenvalue weighted by Gasteiger charge is -2.13. The van der Waals surface area contributed by atoms with Gasteiger partial charge in [-0.25, -0.2) is 8.42 Å². The topological polar surface area (TPSA) is 184 Å². The van der Waals surface area contributed by atoms with Gasteiger partial charge in [-0.1, -0.05) is 54.6 Å². The summed E-state index contributed by atoms with van der Waals surface area (Å²) in [6.45, 7) is 10.0. The van der Waals surface area contributed by atoms with Crippen molar-refractivity contribution in [3.8, 4) is 22.2 Å². The molecule has 15 heteroatoms. The number of anilines is 1. The summed E-state index contributed by atoms with van der Waals surface area (Å²) in [6.07, 6.45) is 1.59. The molecule has 0 saturated carbocycles. The molecule has 1 aliphatic rings. The number of carbonyl (C=O) groups is 2. The maximum Gasteiger partial charge on any atom is 0.308 e. The van der Waals surface area contributed by atoms with E-state index in [2.05, 4.69) is 45.1 Å². The average Bonchev–Trinajstić information content (AvgIpc) is 3.92. The molecule has 60 heavy (non-hydrogen) atoms. The summed E-state index contributed by atoms with van der Waals surface area (Å²) in [6, 6.07) is 25.1. The number of hydrogen-bond donors (Lipinski definition) is 3. The molecule has 0 fully saturated rings. The standard InChI is InChI=1S/C45H40N8O5S2/c1-24-7-18-36(42-39(24)33(21-46)23-47-42)52-60(56,57)34-15-8-29(9-16-34)22-48-44(55)35-17-14-32(19-25(35)2)30-10-12-31(13-11-30)41-40-26(3)27(4)59-45(40)53-28(5)50-51-43(53)37(49-41)20-38(54)58-6/h7-19,23,37,47,52H,20,22H2,1-6H3,(H,48,55)/t37-/m0/s1. The van der Waals surface area contributed by atoms with Crippen molar-refractivity contribution in [2.24, 2.45) is 4.99 Å². The van der Waals surface area contributed by atoms with Crippen molar-refractivity contribution >= 4 is 55.5 Å². The molecule has 8 rings (SSSR count). The fraction of sp³-hybridized carbons (Fsp3) is 0.200. The summed E-state index contributed by atoms with van der Waals surface area (Å²) in [7, 11) is -2.58. The van der Waals surface area contributed by atoms with Gasteiger partial charge in [0.15, 0.2) is 5.82 Å². The third-order valence-electron chi connectivity index (χ3n) is 10.9. The van der Waals surface area contributed by atoms with Crippen LogP contribution in [0.1, 0.15) is 78.3 Å². The highest BCUT2D eigenvalue weighted by molar-refractivity contribution is 7.92. The Morgan fingerprint density at radius 3 is 2.33 bits per heavy atom. The lowest BCUT2D eigenvalue weighted by molar-refractivity contribution is -0.141. The number of nitrogens with zero attached hydrogens (tertiary/aromatic N) is 5. The van der Waals surface area contributed by atoms with Crippen molar-refractivity contribution < 1.29 is 22.7 Å². The Bertz CT molecular complexity index is 3040. The predicted molar refractivity (Wildman–Crippen MR) is 231 cm³/mol. The van der Waals surface area contributed by atoms with Crippen LogP contribution in [0.25, 0.3) is 27.0 Å². The van der Waals surface area contributed by atoms with Crippen LogP contribution in [0.4, 0.5) is 5.69 Å². The number of sulfonamides is 1. The molecule has 0 unspecified atom stereocenters. The first kappa shape index (κ1) is 39.9. The Morgan fingerprint density at radius 2 is 1.63 bits per heavy atom. The van der Waals surface area contributed by atoms with Crippen LogP contribution >= 0.6 is 11.3 Å². The number of fused-ring (bicyclic) bond motifs is 4. The first-order chi connectivity index (χ1) is 28.8. The van der Waals surface area contributed by atoms with Crippen LogP contribution in [0.15, 0.2) is 94.9 Å². The molecule has 7 aromatic rings. The Hall–Kier alpha value is -6.89.